The molecular formula is C13H19N3O3. The van der Waals surface area contributed by atoms with E-state index < -0.39 is 0 Å². The molecule has 0 bridgehead atoms. The van der Waals surface area contributed by atoms with Gasteiger partial charge in [0.2, 0.25) is 0 Å². The molecule has 0 fully saturated rings. The number of aliphatic imine (C=N–C) groups is 1. The number of esters is 1. The summed E-state index contributed by atoms with van der Waals surface area (Å²) in [5.41, 5.74) is 7.07. The van der Waals surface area contributed by atoms with Crippen molar-refractivity contribution in [2.45, 2.75) is 6.54 Å². The van der Waals surface area contributed by atoms with Crippen LogP contribution in [0.1, 0.15) is 15.9 Å². The molecule has 1 aromatic rings. The maximum atomic E-state index is 11.4. The summed E-state index contributed by atoms with van der Waals surface area (Å²) in [6.45, 7) is 1.57. The van der Waals surface area contributed by atoms with Crippen LogP contribution in [-0.2, 0) is 16.0 Å². The van der Waals surface area contributed by atoms with Crippen molar-refractivity contribution in [1.29, 1.82) is 0 Å². The maximum absolute atomic E-state index is 11.4. The minimum absolute atomic E-state index is 0.348. The Bertz CT molecular complexity index is 447. The molecule has 3 N–H and O–H groups in total. The number of hydrogen-bond acceptors (Lipinski definition) is 4. The first-order valence-corrected chi connectivity index (χ1v) is 5.87. The van der Waals surface area contributed by atoms with Crippen LogP contribution >= 0.6 is 0 Å². The quantitative estimate of drug-likeness (QED) is 0.339. The van der Waals surface area contributed by atoms with Crippen molar-refractivity contribution in [1.82, 2.24) is 5.32 Å². The van der Waals surface area contributed by atoms with E-state index in [9.17, 15) is 4.79 Å². The predicted molar refractivity (Wildman–Crippen MR) is 73.0 cm³/mol. The molecule has 6 heteroatoms. The summed E-state index contributed by atoms with van der Waals surface area (Å²) in [4.78, 5) is 15.5. The van der Waals surface area contributed by atoms with Gasteiger partial charge in [0.15, 0.2) is 5.96 Å². The van der Waals surface area contributed by atoms with Crippen molar-refractivity contribution < 1.29 is 14.3 Å². The molecule has 0 atom stereocenters. The second-order valence-electron chi connectivity index (χ2n) is 3.81. The first-order chi connectivity index (χ1) is 9.17. The van der Waals surface area contributed by atoms with Crippen LogP contribution in [0.5, 0.6) is 0 Å². The highest BCUT2D eigenvalue weighted by molar-refractivity contribution is 5.89. The summed E-state index contributed by atoms with van der Waals surface area (Å²) >= 11 is 0. The Morgan fingerprint density at radius 2 is 2.21 bits per heavy atom. The number of ether oxygens (including phenoxy) is 2. The molecule has 0 saturated carbocycles. The van der Waals surface area contributed by atoms with E-state index in [1.807, 2.05) is 6.07 Å². The lowest BCUT2D eigenvalue weighted by molar-refractivity contribution is 0.0600. The molecule has 0 saturated heterocycles. The number of nitrogens with two attached hydrogens (primary N) is 1. The monoisotopic (exact) mass is 265 g/mol. The van der Waals surface area contributed by atoms with Crippen LogP contribution in [0.2, 0.25) is 0 Å². The Balaban J connectivity index is 2.57. The van der Waals surface area contributed by atoms with Gasteiger partial charge in [0.05, 0.1) is 25.8 Å². The molecule has 0 unspecified atom stereocenters. The third kappa shape index (κ3) is 5.39. The summed E-state index contributed by atoms with van der Waals surface area (Å²) in [7, 11) is 2.97. The number of hydrogen-bond donors (Lipinski definition) is 2. The van der Waals surface area contributed by atoms with Gasteiger partial charge in [-0.1, -0.05) is 12.1 Å². The van der Waals surface area contributed by atoms with E-state index in [1.54, 1.807) is 25.3 Å². The molecule has 6 nitrogen and oxygen atoms in total. The maximum Gasteiger partial charge on any atom is 0.337 e. The van der Waals surface area contributed by atoms with Crippen molar-refractivity contribution in [3.63, 3.8) is 0 Å². The van der Waals surface area contributed by atoms with Crippen LogP contribution in [0.25, 0.3) is 0 Å². The number of benzene rings is 1. The van der Waals surface area contributed by atoms with E-state index in [-0.39, 0.29) is 5.97 Å². The summed E-state index contributed by atoms with van der Waals surface area (Å²) < 4.78 is 9.54. The fraction of sp³-hybridized carbons (Fsp3) is 0.385. The largest absolute Gasteiger partial charge is 0.465 e. The lowest BCUT2D eigenvalue weighted by Crippen LogP contribution is -2.34. The fourth-order valence-corrected chi connectivity index (χ4v) is 1.43. The van der Waals surface area contributed by atoms with Crippen LogP contribution in [0, 0.1) is 0 Å². The zero-order chi connectivity index (χ0) is 14.1. The molecule has 0 aliphatic rings. The minimum Gasteiger partial charge on any atom is -0.465 e. The second kappa shape index (κ2) is 8.10. The van der Waals surface area contributed by atoms with Gasteiger partial charge < -0.3 is 20.5 Å². The van der Waals surface area contributed by atoms with Crippen molar-refractivity contribution in [2.75, 3.05) is 27.4 Å². The number of methoxy groups -OCH3 is 2. The molecule has 0 amide bonds. The molecule has 0 radical (unpaired) electrons. The second-order valence-corrected chi connectivity index (χ2v) is 3.81. The number of rotatable bonds is 6. The van der Waals surface area contributed by atoms with E-state index in [0.717, 1.165) is 5.56 Å². The van der Waals surface area contributed by atoms with Gasteiger partial charge in [-0.3, -0.25) is 0 Å². The summed E-state index contributed by atoms with van der Waals surface area (Å²) in [6.07, 6.45) is 0. The van der Waals surface area contributed by atoms with Gasteiger partial charge in [-0.05, 0) is 17.7 Å². The van der Waals surface area contributed by atoms with E-state index in [2.05, 4.69) is 15.0 Å². The lowest BCUT2D eigenvalue weighted by atomic mass is 10.1. The molecular weight excluding hydrogens is 246 g/mol. The normalized spacial score (nSPS) is 11.2. The first kappa shape index (κ1) is 15.0. The Kier molecular flexibility index (Phi) is 6.38. The third-order valence-corrected chi connectivity index (χ3v) is 2.39. The van der Waals surface area contributed by atoms with Gasteiger partial charge in [-0.15, -0.1) is 0 Å². The van der Waals surface area contributed by atoms with Crippen molar-refractivity contribution in [2.24, 2.45) is 10.7 Å². The van der Waals surface area contributed by atoms with Crippen molar-refractivity contribution in [3.05, 3.63) is 35.4 Å². The van der Waals surface area contributed by atoms with E-state index in [1.165, 1.54) is 7.11 Å². The van der Waals surface area contributed by atoms with Gasteiger partial charge in [-0.2, -0.15) is 0 Å². The average Bonchev–Trinajstić information content (AvgIpc) is 2.45. The average molecular weight is 265 g/mol. The van der Waals surface area contributed by atoms with Crippen molar-refractivity contribution >= 4 is 11.9 Å². The predicted octanol–water partition coefficient (Wildman–Crippen LogP) is 0.524. The summed E-state index contributed by atoms with van der Waals surface area (Å²) in [5.74, 6) is -0.0162. The number of carbonyl (C=O) groups is 1. The van der Waals surface area contributed by atoms with Gasteiger partial charge in [0.25, 0.3) is 0 Å². The number of nitrogens with zero attached hydrogens (tertiary/aromatic N) is 1. The number of nitrogens with one attached hydrogen (secondary N) is 1. The van der Waals surface area contributed by atoms with Gasteiger partial charge >= 0.3 is 5.97 Å². The topological polar surface area (TPSA) is 85.9 Å². The van der Waals surface area contributed by atoms with Crippen LogP contribution in [-0.4, -0.2) is 39.3 Å². The molecule has 0 aromatic heterocycles. The fourth-order valence-electron chi connectivity index (χ4n) is 1.43. The van der Waals surface area contributed by atoms with Gasteiger partial charge in [-0.25, -0.2) is 9.79 Å². The molecule has 19 heavy (non-hydrogen) atoms. The molecule has 0 heterocycles. The Labute approximate surface area is 112 Å². The number of carbonyl (C=O) groups excluding carboxylic acids is 1. The van der Waals surface area contributed by atoms with Crippen LogP contribution in [0.15, 0.2) is 29.3 Å². The van der Waals surface area contributed by atoms with Crippen LogP contribution < -0.4 is 11.1 Å². The zero-order valence-corrected chi connectivity index (χ0v) is 11.2. The van der Waals surface area contributed by atoms with E-state index in [0.29, 0.717) is 31.2 Å². The molecule has 104 valence electrons. The smallest absolute Gasteiger partial charge is 0.337 e. The third-order valence-electron chi connectivity index (χ3n) is 2.39. The molecule has 1 rings (SSSR count). The highest BCUT2D eigenvalue weighted by atomic mass is 16.5. The summed E-state index contributed by atoms with van der Waals surface area (Å²) in [5, 5.41) is 2.91. The SMILES string of the molecule is COCCNC(N)=NCc1cccc(C(=O)OC)c1. The Morgan fingerprint density at radius 1 is 1.42 bits per heavy atom. The molecule has 0 aliphatic heterocycles. The lowest BCUT2D eigenvalue weighted by Gasteiger charge is -2.05. The van der Waals surface area contributed by atoms with E-state index in [4.69, 9.17) is 10.5 Å². The highest BCUT2D eigenvalue weighted by Crippen LogP contribution is 2.07. The Morgan fingerprint density at radius 3 is 2.89 bits per heavy atom. The van der Waals surface area contributed by atoms with Crippen molar-refractivity contribution in [3.8, 4) is 0 Å². The van der Waals surface area contributed by atoms with E-state index >= 15 is 0 Å². The first-order valence-electron chi connectivity index (χ1n) is 5.87. The minimum atomic E-state index is -0.364. The standard InChI is InChI=1S/C13H19N3O3/c1-18-7-6-15-13(14)16-9-10-4-3-5-11(8-10)12(17)19-2/h3-5,8H,6-7,9H2,1-2H3,(H3,14,15,16). The molecule has 0 spiro atoms. The highest BCUT2D eigenvalue weighted by Gasteiger charge is 2.05. The van der Waals surface area contributed by atoms with Crippen LogP contribution in [0.4, 0.5) is 0 Å². The Hall–Kier alpha value is -2.08. The summed E-state index contributed by atoms with van der Waals surface area (Å²) in [6, 6.07) is 7.08. The zero-order valence-electron chi connectivity index (χ0n) is 11.2. The van der Waals surface area contributed by atoms with Gasteiger partial charge in [0, 0.05) is 13.7 Å². The molecule has 0 aliphatic carbocycles. The van der Waals surface area contributed by atoms with Crippen LogP contribution in [0.3, 0.4) is 0 Å². The number of guanidine groups is 1. The van der Waals surface area contributed by atoms with Gasteiger partial charge in [0.1, 0.15) is 0 Å². The molecule has 1 aromatic carbocycles.